The van der Waals surface area contributed by atoms with E-state index in [1.54, 1.807) is 14.2 Å². The molecule has 0 aliphatic rings. The lowest BCUT2D eigenvalue weighted by atomic mass is 10.0. The predicted molar refractivity (Wildman–Crippen MR) is 124 cm³/mol. The van der Waals surface area contributed by atoms with E-state index in [0.29, 0.717) is 0 Å². The van der Waals surface area contributed by atoms with E-state index in [1.165, 1.54) is 16.7 Å². The molecule has 4 aromatic carbocycles. The fraction of sp³-hybridized carbons (Fsp3) is 0.111. The highest BCUT2D eigenvalue weighted by Gasteiger charge is 2.13. The minimum atomic E-state index is 0.836. The third-order valence-electron chi connectivity index (χ3n) is 5.17. The van der Waals surface area contributed by atoms with Gasteiger partial charge < -0.3 is 14.4 Å². The lowest BCUT2D eigenvalue weighted by Gasteiger charge is -2.26. The number of hydrogen-bond donors (Lipinski definition) is 0. The summed E-state index contributed by atoms with van der Waals surface area (Å²) in [5.74, 6) is 1.67. The van der Waals surface area contributed by atoms with Gasteiger partial charge in [-0.3, -0.25) is 0 Å². The van der Waals surface area contributed by atoms with Crippen molar-refractivity contribution in [3.8, 4) is 22.6 Å². The Bertz CT molecular complexity index is 1040. The molecule has 0 fully saturated rings. The van der Waals surface area contributed by atoms with Crippen LogP contribution in [0.25, 0.3) is 11.1 Å². The van der Waals surface area contributed by atoms with Crippen LogP contribution in [-0.4, -0.2) is 14.2 Å². The van der Waals surface area contributed by atoms with E-state index >= 15 is 0 Å². The maximum atomic E-state index is 5.33. The normalized spacial score (nSPS) is 10.5. The molecule has 0 saturated carbocycles. The van der Waals surface area contributed by atoms with Crippen molar-refractivity contribution in [1.82, 2.24) is 0 Å². The number of benzene rings is 4. The summed E-state index contributed by atoms with van der Waals surface area (Å²) in [6.45, 7) is 2.11. The molecule has 4 aromatic rings. The number of aryl methyl sites for hydroxylation is 1. The lowest BCUT2D eigenvalue weighted by Crippen LogP contribution is -2.09. The van der Waals surface area contributed by atoms with Gasteiger partial charge in [-0.15, -0.1) is 0 Å². The molecule has 0 radical (unpaired) electrons. The first-order chi connectivity index (χ1) is 14.7. The molecule has 0 atom stereocenters. The maximum absolute atomic E-state index is 5.33. The Morgan fingerprint density at radius 3 is 1.17 bits per heavy atom. The molecule has 0 aliphatic carbocycles. The maximum Gasteiger partial charge on any atom is 0.119 e. The van der Waals surface area contributed by atoms with E-state index in [-0.39, 0.29) is 0 Å². The molecular weight excluding hydrogens is 370 g/mol. The van der Waals surface area contributed by atoms with Crippen LogP contribution in [0.15, 0.2) is 97.1 Å². The Kier molecular flexibility index (Phi) is 5.71. The molecule has 3 heteroatoms. The summed E-state index contributed by atoms with van der Waals surface area (Å²) in [5, 5.41) is 0. The third kappa shape index (κ3) is 4.15. The van der Waals surface area contributed by atoms with Gasteiger partial charge in [0.1, 0.15) is 11.5 Å². The smallest absolute Gasteiger partial charge is 0.119 e. The molecule has 0 N–H and O–H groups in total. The first-order valence-corrected chi connectivity index (χ1v) is 9.93. The molecule has 0 bridgehead atoms. The number of nitrogens with zero attached hydrogens (tertiary/aromatic N) is 1. The molecule has 0 saturated heterocycles. The van der Waals surface area contributed by atoms with Crippen molar-refractivity contribution in [3.05, 3.63) is 103 Å². The lowest BCUT2D eigenvalue weighted by molar-refractivity contribution is 0.415. The summed E-state index contributed by atoms with van der Waals surface area (Å²) in [6.07, 6.45) is 0. The molecule has 3 nitrogen and oxygen atoms in total. The quantitative estimate of drug-likeness (QED) is 0.346. The molecule has 0 aromatic heterocycles. The van der Waals surface area contributed by atoms with Gasteiger partial charge in [0.05, 0.1) is 14.2 Å². The minimum absolute atomic E-state index is 0.836. The second-order valence-corrected chi connectivity index (χ2v) is 7.14. The van der Waals surface area contributed by atoms with Gasteiger partial charge in [0.25, 0.3) is 0 Å². The van der Waals surface area contributed by atoms with Gasteiger partial charge in [-0.2, -0.15) is 0 Å². The van der Waals surface area contributed by atoms with E-state index in [1.807, 2.05) is 24.3 Å². The van der Waals surface area contributed by atoms with Crippen LogP contribution in [0.2, 0.25) is 0 Å². The second-order valence-electron chi connectivity index (χ2n) is 7.14. The molecule has 150 valence electrons. The zero-order valence-electron chi connectivity index (χ0n) is 17.5. The van der Waals surface area contributed by atoms with Crippen LogP contribution in [0, 0.1) is 6.92 Å². The van der Waals surface area contributed by atoms with Crippen LogP contribution in [0.4, 0.5) is 17.1 Å². The summed E-state index contributed by atoms with van der Waals surface area (Å²) >= 11 is 0. The van der Waals surface area contributed by atoms with Gasteiger partial charge in [-0.05, 0) is 78.7 Å². The number of anilines is 3. The molecule has 4 rings (SSSR count). The summed E-state index contributed by atoms with van der Waals surface area (Å²) < 4.78 is 10.7. The Morgan fingerprint density at radius 2 is 0.800 bits per heavy atom. The van der Waals surface area contributed by atoms with E-state index < -0.39 is 0 Å². The van der Waals surface area contributed by atoms with Gasteiger partial charge in [0, 0.05) is 17.1 Å². The molecule has 0 spiro atoms. The number of hydrogen-bond acceptors (Lipinski definition) is 3. The fourth-order valence-electron chi connectivity index (χ4n) is 3.46. The van der Waals surface area contributed by atoms with Crippen molar-refractivity contribution in [1.29, 1.82) is 0 Å². The molecule has 0 unspecified atom stereocenters. The Labute approximate surface area is 178 Å². The van der Waals surface area contributed by atoms with Crippen LogP contribution in [0.5, 0.6) is 11.5 Å². The third-order valence-corrected chi connectivity index (χ3v) is 5.17. The highest BCUT2D eigenvalue weighted by atomic mass is 16.5. The van der Waals surface area contributed by atoms with Gasteiger partial charge in [0.15, 0.2) is 0 Å². The molecular formula is C27H25NO2. The zero-order chi connectivity index (χ0) is 20.9. The van der Waals surface area contributed by atoms with Crippen molar-refractivity contribution >= 4 is 17.1 Å². The number of rotatable bonds is 6. The average molecular weight is 396 g/mol. The van der Waals surface area contributed by atoms with Crippen molar-refractivity contribution in [3.63, 3.8) is 0 Å². The van der Waals surface area contributed by atoms with Gasteiger partial charge >= 0.3 is 0 Å². The van der Waals surface area contributed by atoms with Gasteiger partial charge in [-0.1, -0.05) is 42.0 Å². The van der Waals surface area contributed by atoms with Crippen molar-refractivity contribution < 1.29 is 9.47 Å². The van der Waals surface area contributed by atoms with E-state index in [0.717, 1.165) is 28.6 Å². The molecule has 30 heavy (non-hydrogen) atoms. The standard InChI is InChI=1S/C27H25NO2/c1-20-4-6-21(7-5-20)22-8-10-23(11-9-22)28(24-12-16-26(29-2)17-13-24)25-14-18-27(30-3)19-15-25/h4-19H,1-3H3. The first kappa shape index (κ1) is 19.6. The largest absolute Gasteiger partial charge is 0.497 e. The Hall–Kier alpha value is -3.72. The van der Waals surface area contributed by atoms with Crippen LogP contribution >= 0.6 is 0 Å². The Balaban J connectivity index is 1.73. The monoisotopic (exact) mass is 395 g/mol. The van der Waals surface area contributed by atoms with Crippen molar-refractivity contribution in [2.45, 2.75) is 6.92 Å². The summed E-state index contributed by atoms with van der Waals surface area (Å²) in [4.78, 5) is 2.22. The average Bonchev–Trinajstić information content (AvgIpc) is 2.81. The first-order valence-electron chi connectivity index (χ1n) is 9.93. The molecule has 0 amide bonds. The SMILES string of the molecule is COc1ccc(N(c2ccc(OC)cc2)c2ccc(-c3ccc(C)cc3)cc2)cc1. The zero-order valence-corrected chi connectivity index (χ0v) is 17.5. The minimum Gasteiger partial charge on any atom is -0.497 e. The topological polar surface area (TPSA) is 21.7 Å². The van der Waals surface area contributed by atoms with E-state index in [2.05, 4.69) is 84.6 Å². The summed E-state index contributed by atoms with van der Waals surface area (Å²) in [6, 6.07) is 33.4. The van der Waals surface area contributed by atoms with Crippen LogP contribution in [-0.2, 0) is 0 Å². The number of methoxy groups -OCH3 is 2. The Morgan fingerprint density at radius 1 is 0.467 bits per heavy atom. The number of ether oxygens (including phenoxy) is 2. The van der Waals surface area contributed by atoms with Crippen molar-refractivity contribution in [2.24, 2.45) is 0 Å². The predicted octanol–water partition coefficient (Wildman–Crippen LogP) is 7.15. The second kappa shape index (κ2) is 8.75. The summed E-state index contributed by atoms with van der Waals surface area (Å²) in [5.41, 5.74) is 6.88. The summed E-state index contributed by atoms with van der Waals surface area (Å²) in [7, 11) is 3.36. The van der Waals surface area contributed by atoms with E-state index in [4.69, 9.17) is 9.47 Å². The molecule has 0 aliphatic heterocycles. The highest BCUT2D eigenvalue weighted by molar-refractivity contribution is 5.78. The van der Waals surface area contributed by atoms with Gasteiger partial charge in [0.2, 0.25) is 0 Å². The van der Waals surface area contributed by atoms with Crippen LogP contribution < -0.4 is 14.4 Å². The molecule has 0 heterocycles. The van der Waals surface area contributed by atoms with E-state index in [9.17, 15) is 0 Å². The highest BCUT2D eigenvalue weighted by Crippen LogP contribution is 2.37. The van der Waals surface area contributed by atoms with Gasteiger partial charge in [-0.25, -0.2) is 0 Å². The van der Waals surface area contributed by atoms with Crippen LogP contribution in [0.1, 0.15) is 5.56 Å². The fourth-order valence-corrected chi connectivity index (χ4v) is 3.46. The van der Waals surface area contributed by atoms with Crippen molar-refractivity contribution in [2.75, 3.05) is 19.1 Å². The van der Waals surface area contributed by atoms with Crippen LogP contribution in [0.3, 0.4) is 0 Å².